The van der Waals surface area contributed by atoms with Crippen molar-refractivity contribution in [3.8, 4) is 0 Å². The topological polar surface area (TPSA) is 22.1 Å². The molecule has 4 nitrogen and oxygen atoms in total. The minimum atomic E-state index is -1.60. The van der Waals surface area contributed by atoms with Crippen molar-refractivity contribution in [3.63, 3.8) is 0 Å². The summed E-state index contributed by atoms with van der Waals surface area (Å²) in [5.41, 5.74) is 0. The normalized spacial score (nSPS) is 12.2. The lowest BCUT2D eigenvalue weighted by molar-refractivity contribution is 0.476. The van der Waals surface area contributed by atoms with E-state index < -0.39 is 7.51 Å². The first-order valence-corrected chi connectivity index (χ1v) is 5.86. The maximum Gasteiger partial charge on any atom is 0.169 e. The van der Waals surface area contributed by atoms with Crippen LogP contribution in [-0.2, 0) is 0 Å². The van der Waals surface area contributed by atoms with Crippen LogP contribution in [-0.4, -0.2) is 56.3 Å². The number of hydrogen-bond acceptors (Lipinski definition) is 1. The van der Waals surface area contributed by atoms with Crippen molar-refractivity contribution >= 4 is 29.3 Å². The summed E-state index contributed by atoms with van der Waals surface area (Å²) in [5.74, 6) is 0. The Hall–Kier alpha value is 0.830. The van der Waals surface area contributed by atoms with Crippen molar-refractivity contribution in [1.29, 1.82) is 0 Å². The third-order valence-corrected chi connectivity index (χ3v) is 6.22. The molecule has 13 heavy (non-hydrogen) atoms. The average molecular weight is 247 g/mol. The molecule has 0 aliphatic heterocycles. The molecule has 0 heterocycles. The molecule has 0 aromatic heterocycles. The van der Waals surface area contributed by atoms with Crippen LogP contribution >= 0.6 is 29.3 Å². The van der Waals surface area contributed by atoms with Gasteiger partial charge in [0.25, 0.3) is 0 Å². The largest absolute Gasteiger partial charge is 0.252 e. The molecule has 0 spiro atoms. The zero-order valence-electron chi connectivity index (χ0n) is 9.22. The van der Waals surface area contributed by atoms with E-state index in [0.29, 0.717) is 0 Å². The Morgan fingerprint density at radius 2 is 1.08 bits per heavy atom. The van der Waals surface area contributed by atoms with E-state index in [0.717, 1.165) is 0 Å². The molecule has 0 rings (SSSR count). The van der Waals surface area contributed by atoms with Gasteiger partial charge in [0, 0.05) is 0 Å². The smallest absolute Gasteiger partial charge is 0.169 e. The van der Waals surface area contributed by atoms with E-state index in [1.54, 1.807) is 0 Å². The van der Waals surface area contributed by atoms with Gasteiger partial charge in [-0.1, -0.05) is 0 Å². The summed E-state index contributed by atoms with van der Waals surface area (Å²) in [7, 11) is 13.2. The van der Waals surface area contributed by atoms with Gasteiger partial charge in [0.05, 0.1) is 0 Å². The van der Waals surface area contributed by atoms with Crippen molar-refractivity contribution in [2.75, 3.05) is 42.3 Å². The van der Waals surface area contributed by atoms with Gasteiger partial charge < -0.3 is 0 Å². The molecule has 0 aliphatic carbocycles. The SMILES string of the molecule is CN(C)P(=NP)(N(C)C)N(C)C.Cl. The highest BCUT2D eigenvalue weighted by Gasteiger charge is 2.26. The van der Waals surface area contributed by atoms with E-state index in [9.17, 15) is 0 Å². The first-order chi connectivity index (χ1) is 5.39. The molecule has 0 saturated carbocycles. The molecule has 1 atom stereocenters. The maximum absolute atomic E-state index is 4.42. The van der Waals surface area contributed by atoms with Crippen molar-refractivity contribution in [2.45, 2.75) is 0 Å². The number of rotatable bonds is 3. The van der Waals surface area contributed by atoms with E-state index in [-0.39, 0.29) is 12.4 Å². The van der Waals surface area contributed by atoms with Gasteiger partial charge in [-0.2, -0.15) is 0 Å². The van der Waals surface area contributed by atoms with E-state index in [1.807, 2.05) is 0 Å². The Bertz CT molecular complexity index is 165. The maximum atomic E-state index is 4.42. The second kappa shape index (κ2) is 6.34. The first kappa shape index (κ1) is 16.3. The van der Waals surface area contributed by atoms with Crippen LogP contribution in [0.4, 0.5) is 0 Å². The molecule has 0 aromatic rings. The van der Waals surface area contributed by atoms with Crippen molar-refractivity contribution in [1.82, 2.24) is 14.0 Å². The second-order valence-corrected chi connectivity index (χ2v) is 7.59. The molecule has 82 valence electrons. The van der Waals surface area contributed by atoms with Crippen LogP contribution in [0.1, 0.15) is 0 Å². The molecular formula is C6H21ClN4P2. The van der Waals surface area contributed by atoms with Gasteiger partial charge in [-0.25, -0.2) is 4.52 Å². The fourth-order valence-corrected chi connectivity index (χ4v) is 6.01. The zero-order valence-corrected chi connectivity index (χ0v) is 12.1. The van der Waals surface area contributed by atoms with E-state index in [4.69, 9.17) is 0 Å². The monoisotopic (exact) mass is 246 g/mol. The lowest BCUT2D eigenvalue weighted by Gasteiger charge is -2.40. The Morgan fingerprint density at radius 3 is 1.08 bits per heavy atom. The molecule has 0 amide bonds. The Balaban J connectivity index is 0. The van der Waals surface area contributed by atoms with Crippen molar-refractivity contribution in [2.24, 2.45) is 4.52 Å². The molecule has 7 heteroatoms. The predicted molar refractivity (Wildman–Crippen MR) is 67.4 cm³/mol. The van der Waals surface area contributed by atoms with Crippen LogP contribution < -0.4 is 0 Å². The van der Waals surface area contributed by atoms with Gasteiger partial charge in [-0.15, -0.1) is 12.4 Å². The van der Waals surface area contributed by atoms with E-state index in [1.165, 1.54) is 0 Å². The second-order valence-electron chi connectivity index (χ2n) is 3.19. The van der Waals surface area contributed by atoms with Gasteiger partial charge >= 0.3 is 0 Å². The summed E-state index contributed by atoms with van der Waals surface area (Å²) in [6, 6.07) is 0. The predicted octanol–water partition coefficient (Wildman–Crippen LogP) is 1.83. The molecule has 0 saturated heterocycles. The third-order valence-electron chi connectivity index (χ3n) is 1.76. The van der Waals surface area contributed by atoms with Gasteiger partial charge in [-0.05, 0) is 51.7 Å². The average Bonchev–Trinajstić information content (AvgIpc) is 1.86. The quantitative estimate of drug-likeness (QED) is 0.710. The summed E-state index contributed by atoms with van der Waals surface area (Å²) in [5, 5.41) is 0. The van der Waals surface area contributed by atoms with Crippen LogP contribution in [0.5, 0.6) is 0 Å². The standard InChI is InChI=1S/C6H20N4P2.ClH/c1-8(2)12(7-11,9(3)4)10(5)6;/h11H2,1-6H3;1H. The van der Waals surface area contributed by atoms with E-state index in [2.05, 4.69) is 70.2 Å². The van der Waals surface area contributed by atoms with Crippen LogP contribution in [0.3, 0.4) is 0 Å². The molecule has 0 bridgehead atoms. The lowest BCUT2D eigenvalue weighted by Crippen LogP contribution is -2.30. The molecule has 0 fully saturated rings. The van der Waals surface area contributed by atoms with Gasteiger partial charge in [-0.3, -0.25) is 14.0 Å². The fraction of sp³-hybridized carbons (Fsp3) is 1.00. The van der Waals surface area contributed by atoms with Crippen molar-refractivity contribution in [3.05, 3.63) is 0 Å². The Morgan fingerprint density at radius 1 is 0.846 bits per heavy atom. The highest BCUT2D eigenvalue weighted by atomic mass is 35.5. The Kier molecular flexibility index (Phi) is 7.93. The van der Waals surface area contributed by atoms with Gasteiger partial charge in [0.1, 0.15) is 0 Å². The number of halogens is 1. The molecular weight excluding hydrogens is 225 g/mol. The summed E-state index contributed by atoms with van der Waals surface area (Å²) in [6.45, 7) is 0. The molecule has 1 unspecified atom stereocenters. The first-order valence-electron chi connectivity index (χ1n) is 3.74. The third kappa shape index (κ3) is 3.16. The van der Waals surface area contributed by atoms with Crippen LogP contribution in [0.15, 0.2) is 4.52 Å². The van der Waals surface area contributed by atoms with Crippen LogP contribution in [0.2, 0.25) is 0 Å². The molecule has 0 aliphatic rings. The van der Waals surface area contributed by atoms with Crippen LogP contribution in [0.25, 0.3) is 0 Å². The van der Waals surface area contributed by atoms with Crippen molar-refractivity contribution < 1.29 is 0 Å². The zero-order chi connectivity index (χ0) is 9.94. The minimum absolute atomic E-state index is 0. The van der Waals surface area contributed by atoms with Crippen LogP contribution in [0, 0.1) is 0 Å². The summed E-state index contributed by atoms with van der Waals surface area (Å²) >= 11 is 0. The number of nitrogens with zero attached hydrogens (tertiary/aromatic N) is 4. The minimum Gasteiger partial charge on any atom is -0.252 e. The fourth-order valence-electron chi connectivity index (χ4n) is 1.38. The summed E-state index contributed by atoms with van der Waals surface area (Å²) in [6.07, 6.45) is 0. The van der Waals surface area contributed by atoms with Gasteiger partial charge in [0.15, 0.2) is 7.51 Å². The molecule has 0 N–H and O–H groups in total. The Labute approximate surface area is 90.5 Å². The highest BCUT2D eigenvalue weighted by Crippen LogP contribution is 2.55. The number of hydrogen-bond donors (Lipinski definition) is 0. The summed E-state index contributed by atoms with van der Waals surface area (Å²) < 4.78 is 10.9. The molecule has 0 radical (unpaired) electrons. The van der Waals surface area contributed by atoms with E-state index >= 15 is 0 Å². The summed E-state index contributed by atoms with van der Waals surface area (Å²) in [4.78, 5) is 0. The lowest BCUT2D eigenvalue weighted by atomic mass is 11.2. The molecule has 0 aromatic carbocycles. The highest BCUT2D eigenvalue weighted by molar-refractivity contribution is 7.61. The van der Waals surface area contributed by atoms with Gasteiger partial charge in [0.2, 0.25) is 0 Å².